The van der Waals surface area contributed by atoms with Gasteiger partial charge in [-0.2, -0.15) is 0 Å². The van der Waals surface area contributed by atoms with Gasteiger partial charge in [0.25, 0.3) is 0 Å². The number of unbranched alkanes of at least 4 members (excludes halogenated alkanes) is 53. The number of carbonyl (C=O) groups excluding carboxylic acids is 4. The van der Waals surface area contributed by atoms with Crippen LogP contribution in [0.5, 0.6) is 0 Å². The molecule has 0 spiro atoms. The maximum atomic E-state index is 13.1. The number of phosphoric ester groups is 2. The first-order valence-electron chi connectivity index (χ1n) is 42.1. The van der Waals surface area contributed by atoms with Gasteiger partial charge >= 0.3 is 39.5 Å². The molecular weight excluding hydrogens is 1310 g/mol. The van der Waals surface area contributed by atoms with Crippen molar-refractivity contribution in [3.05, 3.63) is 0 Å². The van der Waals surface area contributed by atoms with Crippen molar-refractivity contribution >= 4 is 39.5 Å². The Bertz CT molecular complexity index is 1910. The van der Waals surface area contributed by atoms with E-state index < -0.39 is 97.5 Å². The Morgan fingerprint density at radius 3 is 0.680 bits per heavy atom. The molecule has 17 nitrogen and oxygen atoms in total. The highest BCUT2D eigenvalue weighted by Crippen LogP contribution is 2.45. The lowest BCUT2D eigenvalue weighted by Gasteiger charge is -2.21. The second-order valence-electron chi connectivity index (χ2n) is 29.6. The molecule has 0 aromatic rings. The fraction of sp³-hybridized carbons (Fsp3) is 0.951. The molecule has 0 bridgehead atoms. The smallest absolute Gasteiger partial charge is 0.462 e. The zero-order valence-corrected chi connectivity index (χ0v) is 67.1. The Morgan fingerprint density at radius 2 is 0.460 bits per heavy atom. The van der Waals surface area contributed by atoms with E-state index in [4.69, 9.17) is 37.0 Å². The first-order valence-corrected chi connectivity index (χ1v) is 45.1. The average molecular weight is 1470 g/mol. The van der Waals surface area contributed by atoms with E-state index in [2.05, 4.69) is 34.6 Å². The van der Waals surface area contributed by atoms with Crippen LogP contribution in [0.15, 0.2) is 0 Å². The van der Waals surface area contributed by atoms with Crippen LogP contribution in [0.2, 0.25) is 0 Å². The fourth-order valence-corrected chi connectivity index (χ4v) is 14.2. The molecule has 2 unspecified atom stereocenters. The van der Waals surface area contributed by atoms with E-state index in [0.29, 0.717) is 31.6 Å². The average Bonchev–Trinajstić information content (AvgIpc) is 1.34. The zero-order valence-electron chi connectivity index (χ0n) is 65.3. The molecule has 0 aliphatic rings. The standard InChI is InChI=1S/C81H158O17P2/c1-6-9-12-15-18-20-22-24-26-28-30-32-34-36-38-40-42-44-46-49-55-60-65-79(84)92-71-76(97-80(85)66-61-56-50-47-45-43-41-39-37-35-33-31-29-27-25-23-21-19-16-13-10-7-2)72-95-99(87,88)93-68-75(82)69-94-100(89,90)96-73-77(70-91-78(83)64-59-54-48-17-14-11-8-3)98-81(86)67-62-57-52-51-53-58-63-74(4)5/h74-77,82H,6-73H2,1-5H3,(H,87,88)(H,89,90)/t75-,76-,77-/m1/s1. The molecule has 19 heteroatoms. The van der Waals surface area contributed by atoms with Gasteiger partial charge in [0.15, 0.2) is 12.2 Å². The molecule has 0 fully saturated rings. The molecule has 0 saturated heterocycles. The van der Waals surface area contributed by atoms with Gasteiger partial charge in [0.1, 0.15) is 19.3 Å². The number of hydrogen-bond acceptors (Lipinski definition) is 15. The topological polar surface area (TPSA) is 237 Å². The van der Waals surface area contributed by atoms with Crippen LogP contribution in [0.3, 0.4) is 0 Å². The molecule has 0 heterocycles. The minimum atomic E-state index is -4.96. The van der Waals surface area contributed by atoms with E-state index in [1.807, 2.05) is 0 Å². The van der Waals surface area contributed by atoms with E-state index in [-0.39, 0.29) is 25.7 Å². The summed E-state index contributed by atoms with van der Waals surface area (Å²) >= 11 is 0. The van der Waals surface area contributed by atoms with E-state index in [1.54, 1.807) is 0 Å². The lowest BCUT2D eigenvalue weighted by molar-refractivity contribution is -0.161. The quantitative estimate of drug-likeness (QED) is 0.0222. The monoisotopic (exact) mass is 1470 g/mol. The normalized spacial score (nSPS) is 13.8. The van der Waals surface area contributed by atoms with E-state index >= 15 is 0 Å². The second kappa shape index (κ2) is 73.9. The fourth-order valence-electron chi connectivity index (χ4n) is 12.6. The summed E-state index contributed by atoms with van der Waals surface area (Å²) in [5.74, 6) is -1.45. The largest absolute Gasteiger partial charge is 0.472 e. The van der Waals surface area contributed by atoms with E-state index in [1.165, 1.54) is 244 Å². The summed E-state index contributed by atoms with van der Waals surface area (Å²) in [4.78, 5) is 72.7. The maximum absolute atomic E-state index is 13.1. The third-order valence-corrected chi connectivity index (χ3v) is 20.9. The van der Waals surface area contributed by atoms with E-state index in [9.17, 15) is 43.2 Å². The summed E-state index contributed by atoms with van der Waals surface area (Å²) in [7, 11) is -9.91. The summed E-state index contributed by atoms with van der Waals surface area (Å²) in [6, 6.07) is 0. The predicted molar refractivity (Wildman–Crippen MR) is 409 cm³/mol. The third-order valence-electron chi connectivity index (χ3n) is 19.0. The molecule has 0 radical (unpaired) electrons. The first kappa shape index (κ1) is 98.1. The van der Waals surface area contributed by atoms with Gasteiger partial charge < -0.3 is 33.8 Å². The minimum Gasteiger partial charge on any atom is -0.462 e. The van der Waals surface area contributed by atoms with E-state index in [0.717, 1.165) is 103 Å². The van der Waals surface area contributed by atoms with Crippen molar-refractivity contribution in [2.75, 3.05) is 39.6 Å². The molecule has 0 saturated carbocycles. The lowest BCUT2D eigenvalue weighted by Crippen LogP contribution is -2.30. The van der Waals surface area contributed by atoms with Crippen LogP contribution in [-0.2, 0) is 65.4 Å². The molecule has 594 valence electrons. The van der Waals surface area contributed by atoms with Crippen LogP contribution >= 0.6 is 15.6 Å². The number of rotatable bonds is 81. The lowest BCUT2D eigenvalue weighted by atomic mass is 10.0. The van der Waals surface area contributed by atoms with Crippen LogP contribution in [-0.4, -0.2) is 96.7 Å². The zero-order chi connectivity index (χ0) is 73.4. The van der Waals surface area contributed by atoms with Crippen molar-refractivity contribution in [2.45, 2.75) is 451 Å². The number of ether oxygens (including phenoxy) is 4. The summed E-state index contributed by atoms with van der Waals surface area (Å²) in [5.41, 5.74) is 0. The Labute approximate surface area is 613 Å². The third kappa shape index (κ3) is 74.3. The van der Waals surface area contributed by atoms with Crippen LogP contribution in [0.1, 0.15) is 433 Å². The van der Waals surface area contributed by atoms with Crippen LogP contribution in [0.25, 0.3) is 0 Å². The van der Waals surface area contributed by atoms with Gasteiger partial charge in [-0.3, -0.25) is 37.3 Å². The van der Waals surface area contributed by atoms with Crippen molar-refractivity contribution < 1.29 is 80.2 Å². The maximum Gasteiger partial charge on any atom is 0.472 e. The van der Waals surface area contributed by atoms with Crippen molar-refractivity contribution in [1.29, 1.82) is 0 Å². The Hall–Kier alpha value is -1.94. The number of esters is 4. The molecule has 0 aromatic heterocycles. The molecule has 5 atom stereocenters. The summed E-state index contributed by atoms with van der Waals surface area (Å²) in [6.45, 7) is 7.17. The molecule has 100 heavy (non-hydrogen) atoms. The molecule has 0 aliphatic carbocycles. The number of phosphoric acid groups is 2. The van der Waals surface area contributed by atoms with Crippen molar-refractivity contribution in [2.24, 2.45) is 5.92 Å². The number of carbonyl (C=O) groups is 4. The van der Waals surface area contributed by atoms with Gasteiger partial charge in [0.2, 0.25) is 0 Å². The Morgan fingerprint density at radius 1 is 0.270 bits per heavy atom. The highest BCUT2D eigenvalue weighted by Gasteiger charge is 2.30. The minimum absolute atomic E-state index is 0.102. The summed E-state index contributed by atoms with van der Waals surface area (Å²) in [5, 5.41) is 10.6. The SMILES string of the molecule is CCCCCCCCCCCCCCCCCCCCCCCCC(=O)OC[C@H](COP(=O)(O)OC[C@@H](O)COP(=O)(O)OC[C@@H](COC(=O)CCCCCCCCC)OC(=O)CCCCCCCCC(C)C)OC(=O)CCCCCCCCCCCCCCCCCCCCCCCC. The number of aliphatic hydroxyl groups is 1. The molecule has 3 N–H and O–H groups in total. The Balaban J connectivity index is 5.10. The van der Waals surface area contributed by atoms with Gasteiger partial charge in [0, 0.05) is 25.7 Å². The molecular formula is C81H158O17P2. The predicted octanol–water partition coefficient (Wildman–Crippen LogP) is 24.4. The highest BCUT2D eigenvalue weighted by molar-refractivity contribution is 7.47. The summed E-state index contributed by atoms with van der Waals surface area (Å²) < 4.78 is 68.4. The van der Waals surface area contributed by atoms with Gasteiger partial charge in [-0.1, -0.05) is 381 Å². The van der Waals surface area contributed by atoms with Crippen LogP contribution in [0, 0.1) is 5.92 Å². The molecule has 0 aromatic carbocycles. The Kier molecular flexibility index (Phi) is 72.5. The molecule has 0 rings (SSSR count). The summed E-state index contributed by atoms with van der Waals surface area (Å²) in [6.07, 6.45) is 66.0. The van der Waals surface area contributed by atoms with Crippen molar-refractivity contribution in [1.82, 2.24) is 0 Å². The number of hydrogen-bond donors (Lipinski definition) is 3. The first-order chi connectivity index (χ1) is 48.5. The van der Waals surface area contributed by atoms with Gasteiger partial charge in [-0.15, -0.1) is 0 Å². The van der Waals surface area contributed by atoms with Crippen molar-refractivity contribution in [3.63, 3.8) is 0 Å². The second-order valence-corrected chi connectivity index (χ2v) is 32.5. The highest BCUT2D eigenvalue weighted by atomic mass is 31.2. The molecule has 0 amide bonds. The molecule has 0 aliphatic heterocycles. The van der Waals surface area contributed by atoms with Crippen molar-refractivity contribution in [3.8, 4) is 0 Å². The van der Waals surface area contributed by atoms with Crippen LogP contribution in [0.4, 0.5) is 0 Å². The van der Waals surface area contributed by atoms with Gasteiger partial charge in [-0.25, -0.2) is 9.13 Å². The number of aliphatic hydroxyl groups excluding tert-OH is 1. The van der Waals surface area contributed by atoms with Gasteiger partial charge in [-0.05, 0) is 31.6 Å². The van der Waals surface area contributed by atoms with Crippen LogP contribution < -0.4 is 0 Å². The van der Waals surface area contributed by atoms with Gasteiger partial charge in [0.05, 0.1) is 26.4 Å².